The van der Waals surface area contributed by atoms with Gasteiger partial charge in [-0.15, -0.1) is 0 Å². The van der Waals surface area contributed by atoms with Crippen molar-refractivity contribution in [2.75, 3.05) is 5.73 Å². The van der Waals surface area contributed by atoms with Crippen molar-refractivity contribution in [1.82, 2.24) is 19.7 Å². The molecule has 0 fully saturated rings. The van der Waals surface area contributed by atoms with Crippen molar-refractivity contribution in [2.45, 2.75) is 43.2 Å². The number of aromatic nitrogens is 4. The van der Waals surface area contributed by atoms with Crippen molar-refractivity contribution in [3.63, 3.8) is 0 Å². The summed E-state index contributed by atoms with van der Waals surface area (Å²) in [5.74, 6) is 0.468. The summed E-state index contributed by atoms with van der Waals surface area (Å²) in [6.45, 7) is 8.37. The van der Waals surface area contributed by atoms with Crippen LogP contribution in [0.3, 0.4) is 0 Å². The van der Waals surface area contributed by atoms with E-state index in [1.54, 1.807) is 11.8 Å². The quantitative estimate of drug-likeness (QED) is 0.782. The van der Waals surface area contributed by atoms with Gasteiger partial charge in [0.15, 0.2) is 5.65 Å². The zero-order valence-corrected chi connectivity index (χ0v) is 14.0. The Hall–Kier alpha value is -2.08. The second-order valence-corrected chi connectivity index (χ2v) is 7.33. The zero-order chi connectivity index (χ0) is 15.9. The average Bonchev–Trinajstić information content (AvgIpc) is 2.79. The minimum atomic E-state index is -0.176. The van der Waals surface area contributed by atoms with Crippen LogP contribution in [0.4, 0.5) is 5.82 Å². The molecule has 0 spiro atoms. The number of hydrogen-bond acceptors (Lipinski definition) is 5. The van der Waals surface area contributed by atoms with Crippen LogP contribution in [0.25, 0.3) is 11.0 Å². The topological polar surface area (TPSA) is 69.6 Å². The Morgan fingerprint density at radius 3 is 2.64 bits per heavy atom. The summed E-state index contributed by atoms with van der Waals surface area (Å²) >= 11 is 1.59. The molecule has 114 valence electrons. The first-order valence-electron chi connectivity index (χ1n) is 7.10. The summed E-state index contributed by atoms with van der Waals surface area (Å²) in [5.41, 5.74) is 7.89. The van der Waals surface area contributed by atoms with Crippen LogP contribution in [0, 0.1) is 6.92 Å². The van der Waals surface area contributed by atoms with Gasteiger partial charge in [0.05, 0.1) is 10.9 Å². The van der Waals surface area contributed by atoms with E-state index >= 15 is 0 Å². The predicted molar refractivity (Wildman–Crippen MR) is 90.0 cm³/mol. The normalized spacial score (nSPS) is 12.0. The van der Waals surface area contributed by atoms with E-state index in [9.17, 15) is 0 Å². The summed E-state index contributed by atoms with van der Waals surface area (Å²) in [6, 6.07) is 8.32. The van der Waals surface area contributed by atoms with Crippen LogP contribution in [0.5, 0.6) is 0 Å². The number of nitrogen functional groups attached to an aromatic ring is 1. The van der Waals surface area contributed by atoms with E-state index in [-0.39, 0.29) is 5.54 Å². The van der Waals surface area contributed by atoms with Crippen LogP contribution in [-0.2, 0) is 5.54 Å². The summed E-state index contributed by atoms with van der Waals surface area (Å²) < 4.78 is 1.92. The third-order valence-electron chi connectivity index (χ3n) is 3.30. The fourth-order valence-electron chi connectivity index (χ4n) is 2.27. The highest BCUT2D eigenvalue weighted by Crippen LogP contribution is 2.36. The van der Waals surface area contributed by atoms with Crippen molar-refractivity contribution < 1.29 is 0 Å². The van der Waals surface area contributed by atoms with E-state index in [1.807, 2.05) is 10.7 Å². The summed E-state index contributed by atoms with van der Waals surface area (Å²) in [6.07, 6.45) is 1.49. The molecule has 0 atom stereocenters. The first kappa shape index (κ1) is 14.8. The van der Waals surface area contributed by atoms with Gasteiger partial charge in [0.1, 0.15) is 17.2 Å². The minimum absolute atomic E-state index is 0.176. The average molecular weight is 313 g/mol. The van der Waals surface area contributed by atoms with Gasteiger partial charge in [0.25, 0.3) is 0 Å². The van der Waals surface area contributed by atoms with Gasteiger partial charge in [0, 0.05) is 4.90 Å². The van der Waals surface area contributed by atoms with E-state index in [0.717, 1.165) is 21.0 Å². The third-order valence-corrected chi connectivity index (χ3v) is 4.27. The fraction of sp³-hybridized carbons (Fsp3) is 0.312. The molecule has 5 nitrogen and oxygen atoms in total. The van der Waals surface area contributed by atoms with Gasteiger partial charge in [0.2, 0.25) is 0 Å². The molecule has 22 heavy (non-hydrogen) atoms. The van der Waals surface area contributed by atoms with Crippen molar-refractivity contribution >= 4 is 28.6 Å². The van der Waals surface area contributed by atoms with Gasteiger partial charge in [-0.2, -0.15) is 5.10 Å². The van der Waals surface area contributed by atoms with E-state index in [0.29, 0.717) is 5.82 Å². The Kier molecular flexibility index (Phi) is 3.56. The fourth-order valence-corrected chi connectivity index (χ4v) is 3.31. The Bertz CT molecular complexity index is 832. The molecular weight excluding hydrogens is 294 g/mol. The number of anilines is 1. The molecule has 0 saturated heterocycles. The maximum Gasteiger partial charge on any atom is 0.165 e. The molecule has 0 unspecified atom stereocenters. The molecule has 2 N–H and O–H groups in total. The van der Waals surface area contributed by atoms with Gasteiger partial charge >= 0.3 is 0 Å². The summed E-state index contributed by atoms with van der Waals surface area (Å²) in [7, 11) is 0. The molecule has 0 aliphatic heterocycles. The highest BCUT2D eigenvalue weighted by Gasteiger charge is 2.23. The molecule has 2 heterocycles. The number of hydrogen-bond donors (Lipinski definition) is 1. The molecule has 6 heteroatoms. The molecule has 0 aliphatic rings. The third kappa shape index (κ3) is 2.66. The lowest BCUT2D eigenvalue weighted by Gasteiger charge is -2.19. The van der Waals surface area contributed by atoms with E-state index in [1.165, 1.54) is 11.9 Å². The number of aryl methyl sites for hydroxylation is 1. The lowest BCUT2D eigenvalue weighted by molar-refractivity contribution is 0.360. The Balaban J connectivity index is 2.17. The van der Waals surface area contributed by atoms with Crippen molar-refractivity contribution in [2.24, 2.45) is 0 Å². The number of rotatable bonds is 2. The van der Waals surface area contributed by atoms with E-state index < -0.39 is 0 Å². The van der Waals surface area contributed by atoms with Gasteiger partial charge in [-0.3, -0.25) is 0 Å². The van der Waals surface area contributed by atoms with Gasteiger partial charge in [-0.25, -0.2) is 14.6 Å². The smallest absolute Gasteiger partial charge is 0.165 e. The SMILES string of the molecule is Cc1cccc(Sc2nn(C(C)(C)C)c3ncnc(N)c23)c1. The standard InChI is InChI=1S/C16H19N5S/c1-10-6-5-7-11(8-10)22-15-12-13(17)18-9-19-14(12)21(20-15)16(2,3)4/h5-9H,1-4H3,(H2,17,18,19). The molecular formula is C16H19N5S. The first-order chi connectivity index (χ1) is 10.4. The van der Waals surface area contributed by atoms with Crippen LogP contribution >= 0.6 is 11.8 Å². The lowest BCUT2D eigenvalue weighted by atomic mass is 10.1. The Labute approximate surface area is 134 Å². The summed E-state index contributed by atoms with van der Waals surface area (Å²) in [4.78, 5) is 9.64. The minimum Gasteiger partial charge on any atom is -0.383 e. The molecule has 0 radical (unpaired) electrons. The molecule has 0 amide bonds. The van der Waals surface area contributed by atoms with Crippen molar-refractivity contribution in [3.05, 3.63) is 36.2 Å². The van der Waals surface area contributed by atoms with Crippen LogP contribution in [0.1, 0.15) is 26.3 Å². The summed E-state index contributed by atoms with van der Waals surface area (Å²) in [5, 5.41) is 6.41. The molecule has 0 bridgehead atoms. The maximum absolute atomic E-state index is 6.08. The molecule has 3 rings (SSSR count). The van der Waals surface area contributed by atoms with E-state index in [4.69, 9.17) is 10.8 Å². The maximum atomic E-state index is 6.08. The monoisotopic (exact) mass is 313 g/mol. The van der Waals surface area contributed by atoms with Gasteiger partial charge in [-0.1, -0.05) is 29.5 Å². The highest BCUT2D eigenvalue weighted by molar-refractivity contribution is 7.99. The predicted octanol–water partition coefficient (Wildman–Crippen LogP) is 3.62. The van der Waals surface area contributed by atoms with Crippen molar-refractivity contribution in [1.29, 1.82) is 0 Å². The van der Waals surface area contributed by atoms with Crippen LogP contribution in [0.15, 0.2) is 40.5 Å². The second-order valence-electron chi connectivity index (χ2n) is 6.26. The first-order valence-corrected chi connectivity index (χ1v) is 7.92. The van der Waals surface area contributed by atoms with E-state index in [2.05, 4.69) is 55.9 Å². The molecule has 0 aliphatic carbocycles. The highest BCUT2D eigenvalue weighted by atomic mass is 32.2. The second kappa shape index (κ2) is 5.28. The number of fused-ring (bicyclic) bond motifs is 1. The number of nitrogens with zero attached hydrogens (tertiary/aromatic N) is 4. The Morgan fingerprint density at radius 1 is 1.18 bits per heavy atom. The van der Waals surface area contributed by atoms with Gasteiger partial charge in [-0.05, 0) is 39.8 Å². The van der Waals surface area contributed by atoms with Crippen LogP contribution in [-0.4, -0.2) is 19.7 Å². The molecule has 3 aromatic rings. The molecule has 2 aromatic heterocycles. The van der Waals surface area contributed by atoms with Crippen molar-refractivity contribution in [3.8, 4) is 0 Å². The van der Waals surface area contributed by atoms with Crippen LogP contribution < -0.4 is 5.73 Å². The molecule has 1 aromatic carbocycles. The lowest BCUT2D eigenvalue weighted by Crippen LogP contribution is -2.23. The number of nitrogens with two attached hydrogens (primary N) is 1. The number of benzene rings is 1. The largest absolute Gasteiger partial charge is 0.383 e. The zero-order valence-electron chi connectivity index (χ0n) is 13.2. The Morgan fingerprint density at radius 2 is 1.95 bits per heavy atom. The van der Waals surface area contributed by atoms with Gasteiger partial charge < -0.3 is 5.73 Å². The molecule has 0 saturated carbocycles. The van der Waals surface area contributed by atoms with Crippen LogP contribution in [0.2, 0.25) is 0 Å².